The number of hydrogen-bond acceptors (Lipinski definition) is 5. The van der Waals surface area contributed by atoms with Crippen LogP contribution < -0.4 is 5.69 Å². The molecule has 178 valence electrons. The van der Waals surface area contributed by atoms with Gasteiger partial charge in [-0.15, -0.1) is 5.10 Å². The lowest BCUT2D eigenvalue weighted by Crippen LogP contribution is -2.26. The highest BCUT2D eigenvalue weighted by molar-refractivity contribution is 6.32. The number of rotatable bonds is 8. The number of aromatic nitrogens is 8. The summed E-state index contributed by atoms with van der Waals surface area (Å²) in [6.07, 6.45) is 8.35. The van der Waals surface area contributed by atoms with Gasteiger partial charge in [0.2, 0.25) is 0 Å². The number of benzene rings is 1. The first kappa shape index (κ1) is 22.8. The summed E-state index contributed by atoms with van der Waals surface area (Å²) < 4.78 is 5.28. The van der Waals surface area contributed by atoms with Gasteiger partial charge in [-0.25, -0.2) is 9.89 Å². The topological polar surface area (TPSA) is 99.2 Å². The maximum atomic E-state index is 13.5. The Kier molecular flexibility index (Phi) is 6.33. The molecule has 0 aliphatic carbocycles. The zero-order valence-corrected chi connectivity index (χ0v) is 20.3. The molecule has 9 nitrogen and oxygen atoms in total. The third-order valence-corrected chi connectivity index (χ3v) is 6.32. The summed E-state index contributed by atoms with van der Waals surface area (Å²) in [5, 5.41) is 14.6. The van der Waals surface area contributed by atoms with Crippen molar-refractivity contribution in [1.82, 2.24) is 39.3 Å². The van der Waals surface area contributed by atoms with E-state index in [9.17, 15) is 4.79 Å². The Balaban J connectivity index is 1.51. The molecular weight excluding hydrogens is 464 g/mol. The summed E-state index contributed by atoms with van der Waals surface area (Å²) in [4.78, 5) is 18.1. The van der Waals surface area contributed by atoms with Crippen molar-refractivity contribution in [3.63, 3.8) is 0 Å². The monoisotopic (exact) mass is 488 g/mol. The van der Waals surface area contributed by atoms with Gasteiger partial charge in [0.15, 0.2) is 5.82 Å². The van der Waals surface area contributed by atoms with E-state index < -0.39 is 0 Å². The lowest BCUT2D eigenvalue weighted by atomic mass is 10.0. The standard InChI is InChI=1S/C25H25ClN8O/c1-3-4-8-21-16-34(24-22(26)10-12-32(24)2)25(35)33(21)15-20-14-18(9-11-27-20)17-6-5-7-19(13-17)23-28-30-31-29-23/h5-7,9-14,16H,3-4,8,15H2,1-2H3,(H,28,29,30,31). The molecule has 0 aliphatic rings. The van der Waals surface area contributed by atoms with Gasteiger partial charge in [-0.3, -0.25) is 14.1 Å². The van der Waals surface area contributed by atoms with Gasteiger partial charge in [0, 0.05) is 36.9 Å². The van der Waals surface area contributed by atoms with Gasteiger partial charge in [-0.05, 0) is 58.7 Å². The predicted molar refractivity (Wildman–Crippen MR) is 135 cm³/mol. The van der Waals surface area contributed by atoms with Crippen molar-refractivity contribution in [3.8, 4) is 28.3 Å². The normalized spacial score (nSPS) is 11.3. The molecule has 4 heterocycles. The quantitative estimate of drug-likeness (QED) is 0.351. The SMILES string of the molecule is CCCCc1cn(-c2c(Cl)ccn2C)c(=O)n1Cc1cc(-c2cccc(-c3nnn[nH]3)c2)ccn1. The molecule has 0 fully saturated rings. The number of hydrogen-bond donors (Lipinski definition) is 1. The van der Waals surface area contributed by atoms with E-state index in [4.69, 9.17) is 11.6 Å². The number of halogens is 1. The number of nitrogens with zero attached hydrogens (tertiary/aromatic N) is 7. The molecule has 1 aromatic carbocycles. The summed E-state index contributed by atoms with van der Waals surface area (Å²) in [5.74, 6) is 1.27. The molecule has 0 atom stereocenters. The van der Waals surface area contributed by atoms with Crippen LogP contribution in [0.25, 0.3) is 28.3 Å². The largest absolute Gasteiger partial charge is 0.336 e. The number of unbranched alkanes of at least 4 members (excludes halogenated alkanes) is 1. The van der Waals surface area contributed by atoms with E-state index in [1.54, 1.807) is 21.4 Å². The lowest BCUT2D eigenvalue weighted by molar-refractivity contribution is 0.661. The van der Waals surface area contributed by atoms with Crippen molar-refractivity contribution in [2.75, 3.05) is 0 Å². The number of aryl methyl sites for hydroxylation is 2. The minimum absolute atomic E-state index is 0.133. The molecular formula is C25H25ClN8O. The number of nitrogens with one attached hydrogen (secondary N) is 1. The Labute approximate surface area is 207 Å². The molecule has 35 heavy (non-hydrogen) atoms. The Morgan fingerprint density at radius 2 is 1.91 bits per heavy atom. The lowest BCUT2D eigenvalue weighted by Gasteiger charge is -2.09. The van der Waals surface area contributed by atoms with E-state index >= 15 is 0 Å². The fourth-order valence-corrected chi connectivity index (χ4v) is 4.50. The Morgan fingerprint density at radius 3 is 2.66 bits per heavy atom. The molecule has 0 unspecified atom stereocenters. The molecule has 0 saturated heterocycles. The van der Waals surface area contributed by atoms with E-state index in [0.29, 0.717) is 23.2 Å². The second-order valence-electron chi connectivity index (χ2n) is 8.43. The summed E-state index contributed by atoms with van der Waals surface area (Å²) >= 11 is 6.40. The van der Waals surface area contributed by atoms with E-state index in [1.807, 2.05) is 60.4 Å². The number of imidazole rings is 1. The summed E-state index contributed by atoms with van der Waals surface area (Å²) in [6, 6.07) is 13.7. The Hall–Kier alpha value is -3.98. The predicted octanol–water partition coefficient (Wildman–Crippen LogP) is 4.26. The van der Waals surface area contributed by atoms with Crippen molar-refractivity contribution < 1.29 is 0 Å². The zero-order chi connectivity index (χ0) is 24.4. The van der Waals surface area contributed by atoms with Crippen LogP contribution in [-0.2, 0) is 20.0 Å². The van der Waals surface area contributed by atoms with Crippen molar-refractivity contribution in [2.45, 2.75) is 32.7 Å². The van der Waals surface area contributed by atoms with Gasteiger partial charge in [-0.1, -0.05) is 43.1 Å². The van der Waals surface area contributed by atoms with Crippen LogP contribution >= 0.6 is 11.6 Å². The molecule has 0 saturated carbocycles. The zero-order valence-electron chi connectivity index (χ0n) is 19.5. The van der Waals surface area contributed by atoms with E-state index in [2.05, 4.69) is 32.5 Å². The molecule has 0 spiro atoms. The fraction of sp³-hybridized carbons (Fsp3) is 0.240. The molecule has 0 amide bonds. The van der Waals surface area contributed by atoms with Crippen LogP contribution in [0.1, 0.15) is 31.2 Å². The van der Waals surface area contributed by atoms with Gasteiger partial charge >= 0.3 is 5.69 Å². The Morgan fingerprint density at radius 1 is 1.09 bits per heavy atom. The first-order valence-electron chi connectivity index (χ1n) is 11.5. The third-order valence-electron chi connectivity index (χ3n) is 6.02. The maximum absolute atomic E-state index is 13.5. The highest BCUT2D eigenvalue weighted by Gasteiger charge is 2.17. The van der Waals surface area contributed by atoms with Crippen molar-refractivity contribution in [2.24, 2.45) is 7.05 Å². The van der Waals surface area contributed by atoms with Crippen molar-refractivity contribution in [3.05, 3.63) is 87.9 Å². The molecule has 5 aromatic rings. The van der Waals surface area contributed by atoms with Gasteiger partial charge in [0.1, 0.15) is 5.82 Å². The van der Waals surface area contributed by atoms with E-state index in [1.165, 1.54) is 0 Å². The summed E-state index contributed by atoms with van der Waals surface area (Å²) in [6.45, 7) is 2.51. The molecule has 0 bridgehead atoms. The van der Waals surface area contributed by atoms with Gasteiger partial charge in [0.25, 0.3) is 0 Å². The van der Waals surface area contributed by atoms with Gasteiger partial charge in [0.05, 0.1) is 17.3 Å². The number of tetrazole rings is 1. The van der Waals surface area contributed by atoms with E-state index in [-0.39, 0.29) is 5.69 Å². The van der Waals surface area contributed by atoms with E-state index in [0.717, 1.165) is 47.3 Å². The van der Waals surface area contributed by atoms with Crippen LogP contribution in [0.5, 0.6) is 0 Å². The van der Waals surface area contributed by atoms with Crippen LogP contribution in [-0.4, -0.2) is 39.3 Å². The van der Waals surface area contributed by atoms with Crippen LogP contribution in [0.3, 0.4) is 0 Å². The number of aromatic amines is 1. The van der Waals surface area contributed by atoms with Crippen molar-refractivity contribution >= 4 is 11.6 Å². The summed E-state index contributed by atoms with van der Waals surface area (Å²) in [7, 11) is 1.88. The van der Waals surface area contributed by atoms with Crippen LogP contribution in [0.4, 0.5) is 0 Å². The molecule has 5 rings (SSSR count). The second-order valence-corrected chi connectivity index (χ2v) is 8.83. The Bertz CT molecular complexity index is 1490. The number of pyridine rings is 1. The minimum atomic E-state index is -0.133. The van der Waals surface area contributed by atoms with Crippen LogP contribution in [0.2, 0.25) is 5.02 Å². The fourth-order valence-electron chi connectivity index (χ4n) is 4.21. The summed E-state index contributed by atoms with van der Waals surface area (Å²) in [5.41, 5.74) is 4.52. The highest BCUT2D eigenvalue weighted by Crippen LogP contribution is 2.25. The average molecular weight is 489 g/mol. The van der Waals surface area contributed by atoms with Gasteiger partial charge in [-0.2, -0.15) is 0 Å². The smallest absolute Gasteiger partial charge is 0.334 e. The maximum Gasteiger partial charge on any atom is 0.334 e. The first-order valence-corrected chi connectivity index (χ1v) is 11.8. The molecule has 4 aromatic heterocycles. The third kappa shape index (κ3) is 4.54. The van der Waals surface area contributed by atoms with Crippen LogP contribution in [0.15, 0.2) is 65.8 Å². The molecule has 0 aliphatic heterocycles. The first-order chi connectivity index (χ1) is 17.0. The van der Waals surface area contributed by atoms with Crippen LogP contribution in [0, 0.1) is 0 Å². The second kappa shape index (κ2) is 9.71. The van der Waals surface area contributed by atoms with Crippen molar-refractivity contribution in [1.29, 1.82) is 0 Å². The van der Waals surface area contributed by atoms with Gasteiger partial charge < -0.3 is 4.57 Å². The number of H-pyrrole nitrogens is 1. The minimum Gasteiger partial charge on any atom is -0.336 e. The molecule has 1 N–H and O–H groups in total. The highest BCUT2D eigenvalue weighted by atomic mass is 35.5. The molecule has 0 radical (unpaired) electrons. The molecule has 10 heteroatoms. The average Bonchev–Trinajstić information content (AvgIpc) is 3.60.